The van der Waals surface area contributed by atoms with E-state index in [9.17, 15) is 14.7 Å². The summed E-state index contributed by atoms with van der Waals surface area (Å²) in [6, 6.07) is 0. The predicted octanol–water partition coefficient (Wildman–Crippen LogP) is 4.45. The van der Waals surface area contributed by atoms with Crippen LogP contribution in [0.2, 0.25) is 0 Å². The Balaban J connectivity index is 1.40. The highest BCUT2D eigenvalue weighted by Crippen LogP contribution is 2.75. The summed E-state index contributed by atoms with van der Waals surface area (Å²) in [4.78, 5) is 25.9. The lowest BCUT2D eigenvalue weighted by Crippen LogP contribution is -2.60. The molecular weight excluding hydrogens is 416 g/mol. The number of ether oxygens (including phenoxy) is 2. The first-order chi connectivity index (χ1) is 15.6. The van der Waals surface area contributed by atoms with Crippen LogP contribution in [0.25, 0.3) is 0 Å². The lowest BCUT2D eigenvalue weighted by molar-refractivity contribution is -0.231. The molecule has 6 aliphatic rings. The summed E-state index contributed by atoms with van der Waals surface area (Å²) in [6.07, 6.45) is 12.5. The lowest BCUT2D eigenvalue weighted by atomic mass is 9.46. The van der Waals surface area contributed by atoms with Gasteiger partial charge in [-0.2, -0.15) is 0 Å². The Morgan fingerprint density at radius 2 is 1.91 bits per heavy atom. The van der Waals surface area contributed by atoms with Crippen LogP contribution >= 0.6 is 0 Å². The van der Waals surface area contributed by atoms with Crippen molar-refractivity contribution in [3.8, 4) is 0 Å². The van der Waals surface area contributed by atoms with E-state index >= 15 is 0 Å². The van der Waals surface area contributed by atoms with Crippen molar-refractivity contribution in [3.05, 3.63) is 34.9 Å². The van der Waals surface area contributed by atoms with Gasteiger partial charge in [0.1, 0.15) is 11.7 Å². The van der Waals surface area contributed by atoms with Crippen molar-refractivity contribution in [1.82, 2.24) is 0 Å². The van der Waals surface area contributed by atoms with Crippen molar-refractivity contribution in [1.29, 1.82) is 0 Å². The van der Waals surface area contributed by atoms with Gasteiger partial charge in [-0.1, -0.05) is 30.2 Å². The second-order valence-electron chi connectivity index (χ2n) is 12.1. The summed E-state index contributed by atoms with van der Waals surface area (Å²) in [6.45, 7) is 8.39. The number of rotatable bonds is 2. The van der Waals surface area contributed by atoms with Gasteiger partial charge in [0.05, 0.1) is 23.2 Å². The molecule has 3 fully saturated rings. The number of aliphatic hydroxyl groups is 1. The van der Waals surface area contributed by atoms with Gasteiger partial charge in [-0.05, 0) is 83.1 Å². The maximum atomic E-state index is 13.2. The summed E-state index contributed by atoms with van der Waals surface area (Å²) in [5.41, 5.74) is 1.35. The van der Waals surface area contributed by atoms with Gasteiger partial charge < -0.3 is 14.6 Å². The molecular formula is C28H36O5. The summed E-state index contributed by atoms with van der Waals surface area (Å²) in [7, 11) is 0. The summed E-state index contributed by atoms with van der Waals surface area (Å²) in [5.74, 6) is 0.757. The van der Waals surface area contributed by atoms with Crippen LogP contribution in [0.1, 0.15) is 72.6 Å². The van der Waals surface area contributed by atoms with E-state index in [1.54, 1.807) is 6.08 Å². The van der Waals surface area contributed by atoms with Crippen LogP contribution < -0.4 is 0 Å². The average Bonchev–Trinajstić information content (AvgIpc) is 3.18. The normalized spacial score (nSPS) is 50.5. The zero-order valence-corrected chi connectivity index (χ0v) is 20.3. The minimum Gasteiger partial charge on any atom is -0.456 e. The summed E-state index contributed by atoms with van der Waals surface area (Å²) in [5, 5.41) is 9.60. The molecule has 0 aromatic rings. The molecule has 5 nitrogen and oxygen atoms in total. The zero-order valence-electron chi connectivity index (χ0n) is 20.3. The Kier molecular flexibility index (Phi) is 4.42. The third-order valence-electron chi connectivity index (χ3n) is 11.1. The number of carbonyl (C=O) groups is 2. The molecule has 0 aromatic heterocycles. The van der Waals surface area contributed by atoms with Crippen LogP contribution in [0.5, 0.6) is 0 Å². The maximum absolute atomic E-state index is 13.2. The third kappa shape index (κ3) is 2.41. The smallest absolute Gasteiger partial charge is 0.336 e. The van der Waals surface area contributed by atoms with E-state index in [0.29, 0.717) is 29.7 Å². The van der Waals surface area contributed by atoms with Gasteiger partial charge in [0.25, 0.3) is 0 Å². The van der Waals surface area contributed by atoms with Crippen molar-refractivity contribution >= 4 is 11.8 Å². The first kappa shape index (κ1) is 21.8. The third-order valence-corrected chi connectivity index (χ3v) is 11.1. The number of ketones is 1. The molecule has 0 spiro atoms. The molecule has 4 aliphatic carbocycles. The highest BCUT2D eigenvalue weighted by atomic mass is 16.6. The molecule has 5 heteroatoms. The number of cyclic esters (lactones) is 1. The number of hydrogen-bond acceptors (Lipinski definition) is 5. The zero-order chi connectivity index (χ0) is 23.4. The maximum Gasteiger partial charge on any atom is 0.336 e. The Hall–Kier alpha value is -1.72. The quantitative estimate of drug-likeness (QED) is 0.495. The van der Waals surface area contributed by atoms with E-state index in [1.807, 2.05) is 13.0 Å². The minimum absolute atomic E-state index is 0.0133. The molecule has 0 amide bonds. The molecule has 33 heavy (non-hydrogen) atoms. The fourth-order valence-electron chi connectivity index (χ4n) is 9.35. The van der Waals surface area contributed by atoms with Crippen LogP contribution in [-0.2, 0) is 19.1 Å². The first-order valence-electron chi connectivity index (χ1n) is 12.7. The van der Waals surface area contributed by atoms with Crippen molar-refractivity contribution in [3.63, 3.8) is 0 Å². The van der Waals surface area contributed by atoms with Gasteiger partial charge >= 0.3 is 5.97 Å². The first-order valence-corrected chi connectivity index (χ1v) is 12.7. The van der Waals surface area contributed by atoms with E-state index in [4.69, 9.17) is 9.47 Å². The Labute approximate surface area is 196 Å². The van der Waals surface area contributed by atoms with Gasteiger partial charge in [-0.15, -0.1) is 0 Å². The van der Waals surface area contributed by atoms with Gasteiger partial charge in [0.15, 0.2) is 5.78 Å². The fourth-order valence-corrected chi connectivity index (χ4v) is 9.35. The number of esters is 1. The van der Waals surface area contributed by atoms with Crippen molar-refractivity contribution in [2.24, 2.45) is 28.6 Å². The van der Waals surface area contributed by atoms with Gasteiger partial charge in [0.2, 0.25) is 0 Å². The molecule has 1 N–H and O–H groups in total. The van der Waals surface area contributed by atoms with E-state index < -0.39 is 17.0 Å². The minimum atomic E-state index is -0.554. The van der Waals surface area contributed by atoms with Crippen LogP contribution in [-0.4, -0.2) is 40.8 Å². The Bertz CT molecular complexity index is 1040. The van der Waals surface area contributed by atoms with Gasteiger partial charge in [-0.25, -0.2) is 4.79 Å². The van der Waals surface area contributed by atoms with Gasteiger partial charge in [-0.3, -0.25) is 4.79 Å². The van der Waals surface area contributed by atoms with Crippen LogP contribution in [0.15, 0.2) is 34.9 Å². The second kappa shape index (κ2) is 6.69. The van der Waals surface area contributed by atoms with E-state index in [0.717, 1.165) is 44.1 Å². The van der Waals surface area contributed by atoms with Gasteiger partial charge in [0, 0.05) is 11.8 Å². The Morgan fingerprint density at radius 1 is 1.12 bits per heavy atom. The molecule has 1 saturated heterocycles. The Morgan fingerprint density at radius 3 is 2.64 bits per heavy atom. The van der Waals surface area contributed by atoms with Crippen LogP contribution in [0, 0.1) is 28.6 Å². The molecule has 178 valence electrons. The molecule has 0 unspecified atom stereocenters. The molecule has 8 atom stereocenters. The largest absolute Gasteiger partial charge is 0.456 e. The second-order valence-corrected chi connectivity index (χ2v) is 12.1. The molecule has 0 aromatic carbocycles. The molecule has 2 saturated carbocycles. The number of aliphatic hydroxyl groups excluding tert-OH is 1. The molecule has 2 bridgehead atoms. The van der Waals surface area contributed by atoms with Crippen molar-refractivity contribution < 1.29 is 24.2 Å². The number of fused-ring (bicyclic) bond motifs is 3. The van der Waals surface area contributed by atoms with Crippen molar-refractivity contribution in [2.45, 2.75) is 89.9 Å². The monoisotopic (exact) mass is 452 g/mol. The molecule has 0 radical (unpaired) electrons. The SMILES string of the molecule is CC1=C(CO)C(=O)O[C@@H]([C@@]2(C)O[C@@]34CC[C@@H]2[C@@]3(C)CC[C@H]2[C@H]4CC=C3CC=CC(=O)[C@@]32C)C1. The van der Waals surface area contributed by atoms with Crippen LogP contribution in [0.4, 0.5) is 0 Å². The fraction of sp³-hybridized carbons (Fsp3) is 0.714. The van der Waals surface area contributed by atoms with E-state index in [1.165, 1.54) is 5.57 Å². The molecule has 6 rings (SSSR count). The molecule has 2 heterocycles. The standard InChI is InChI=1S/C28H36O5/c1-16-14-23(32-24(31)18(16)15-29)27(4)21-11-13-28(33-27)20-9-8-17-6-5-7-22(30)26(17,3)19(20)10-12-25(21,28)2/h5,7-8,19-21,23,29H,6,9-15H2,1-4H3/t19-,20+,21+,23+,25+,26-,27-,28+/m0/s1. The summed E-state index contributed by atoms with van der Waals surface area (Å²) < 4.78 is 13.2. The van der Waals surface area contributed by atoms with Crippen LogP contribution in [0.3, 0.4) is 0 Å². The highest BCUT2D eigenvalue weighted by Gasteiger charge is 2.77. The number of allylic oxidation sites excluding steroid dienone is 4. The molecule has 2 aliphatic heterocycles. The van der Waals surface area contributed by atoms with E-state index in [2.05, 4.69) is 26.8 Å². The number of carbonyl (C=O) groups excluding carboxylic acids is 2. The highest BCUT2D eigenvalue weighted by molar-refractivity contribution is 5.98. The lowest BCUT2D eigenvalue weighted by Gasteiger charge is -2.59. The topological polar surface area (TPSA) is 72.8 Å². The predicted molar refractivity (Wildman–Crippen MR) is 123 cm³/mol. The average molecular weight is 453 g/mol. The van der Waals surface area contributed by atoms with Crippen molar-refractivity contribution in [2.75, 3.05) is 6.61 Å². The number of hydrogen-bond donors (Lipinski definition) is 1. The summed E-state index contributed by atoms with van der Waals surface area (Å²) >= 11 is 0. The van der Waals surface area contributed by atoms with E-state index in [-0.39, 0.29) is 29.5 Å².